The fraction of sp³-hybridized carbons (Fsp3) is 0.444. The molecular formula is C27H30F3N5. The first kappa shape index (κ1) is 23.6. The summed E-state index contributed by atoms with van der Waals surface area (Å²) in [4.78, 5) is 16.6. The van der Waals surface area contributed by atoms with Gasteiger partial charge in [-0.25, -0.2) is 15.0 Å². The van der Waals surface area contributed by atoms with E-state index < -0.39 is 11.7 Å². The average Bonchev–Trinajstić information content (AvgIpc) is 3.39. The van der Waals surface area contributed by atoms with Crippen LogP contribution in [0.3, 0.4) is 0 Å². The van der Waals surface area contributed by atoms with E-state index in [-0.39, 0.29) is 11.1 Å². The number of hydrogen-bond donors (Lipinski definition) is 1. The summed E-state index contributed by atoms with van der Waals surface area (Å²) in [6.45, 7) is 10.1. The second-order valence-corrected chi connectivity index (χ2v) is 10.6. The van der Waals surface area contributed by atoms with Crippen molar-refractivity contribution in [2.24, 2.45) is 10.4 Å². The predicted molar refractivity (Wildman–Crippen MR) is 135 cm³/mol. The van der Waals surface area contributed by atoms with Crippen LogP contribution in [-0.2, 0) is 19.0 Å². The van der Waals surface area contributed by atoms with Gasteiger partial charge in [-0.1, -0.05) is 13.8 Å². The van der Waals surface area contributed by atoms with Crippen LogP contribution in [0.4, 0.5) is 30.4 Å². The van der Waals surface area contributed by atoms with Gasteiger partial charge in [-0.3, -0.25) is 0 Å². The number of rotatable bonds is 3. The first-order valence-electron chi connectivity index (χ1n) is 12.0. The molecule has 3 aromatic rings. The molecule has 2 heterocycles. The van der Waals surface area contributed by atoms with Crippen molar-refractivity contribution in [3.05, 3.63) is 52.3 Å². The minimum Gasteiger partial charge on any atom is -0.399 e. The minimum atomic E-state index is -4.48. The number of nitrogens with zero attached hydrogens (tertiary/aromatic N) is 4. The zero-order chi connectivity index (χ0) is 25.1. The van der Waals surface area contributed by atoms with E-state index in [1.807, 2.05) is 6.92 Å². The van der Waals surface area contributed by atoms with Crippen molar-refractivity contribution < 1.29 is 13.2 Å². The zero-order valence-corrected chi connectivity index (χ0v) is 20.6. The van der Waals surface area contributed by atoms with Crippen LogP contribution in [0.1, 0.15) is 61.7 Å². The Morgan fingerprint density at radius 2 is 1.83 bits per heavy atom. The second-order valence-electron chi connectivity index (χ2n) is 10.6. The number of halogens is 3. The topological polar surface area (TPSA) is 67.4 Å². The number of alkyl halides is 3. The molecular weight excluding hydrogens is 451 g/mol. The van der Waals surface area contributed by atoms with Gasteiger partial charge in [-0.15, -0.1) is 0 Å². The highest BCUT2D eigenvalue weighted by atomic mass is 19.4. The van der Waals surface area contributed by atoms with Gasteiger partial charge in [0.2, 0.25) is 0 Å². The van der Waals surface area contributed by atoms with Gasteiger partial charge in [-0.05, 0) is 85.9 Å². The third-order valence-corrected chi connectivity index (χ3v) is 7.12. The molecule has 1 saturated heterocycles. The lowest BCUT2D eigenvalue weighted by atomic mass is 9.93. The lowest BCUT2D eigenvalue weighted by Gasteiger charge is -2.25. The molecule has 0 saturated carbocycles. The zero-order valence-electron chi connectivity index (χ0n) is 20.6. The van der Waals surface area contributed by atoms with Gasteiger partial charge in [0.25, 0.3) is 0 Å². The Morgan fingerprint density at radius 3 is 2.51 bits per heavy atom. The van der Waals surface area contributed by atoms with E-state index in [1.165, 1.54) is 22.9 Å². The molecule has 0 spiro atoms. The third kappa shape index (κ3) is 4.46. The Labute approximate surface area is 203 Å². The molecule has 1 aromatic heterocycles. The standard InChI is InChI=1S/C27H30F3N5/c1-15(17-10-18(27(28,29)30)12-19(31)11-17)32-25-22-13-23(35-9-8-26(3,4)14-35)20-6-5-7-21(20)24(22)33-16(2)34-25/h10-13H,5-9,14,31H2,1-4H3. The highest BCUT2D eigenvalue weighted by molar-refractivity contribution is 6.04. The Hall–Kier alpha value is -3.16. The predicted octanol–water partition coefficient (Wildman–Crippen LogP) is 6.40. The van der Waals surface area contributed by atoms with Crippen molar-refractivity contribution in [2.45, 2.75) is 59.6 Å². The van der Waals surface area contributed by atoms with Gasteiger partial charge in [0.1, 0.15) is 5.82 Å². The second kappa shape index (κ2) is 8.21. The highest BCUT2D eigenvalue weighted by Crippen LogP contribution is 2.42. The minimum absolute atomic E-state index is 0.0462. The van der Waals surface area contributed by atoms with Crippen LogP contribution in [0.25, 0.3) is 10.9 Å². The van der Waals surface area contributed by atoms with Crippen molar-refractivity contribution in [2.75, 3.05) is 23.7 Å². The van der Waals surface area contributed by atoms with Crippen LogP contribution in [0.15, 0.2) is 29.3 Å². The number of nitrogen functional groups attached to an aromatic ring is 1. The van der Waals surface area contributed by atoms with Gasteiger partial charge >= 0.3 is 6.18 Å². The lowest BCUT2D eigenvalue weighted by molar-refractivity contribution is -0.137. The summed E-state index contributed by atoms with van der Waals surface area (Å²) in [6, 6.07) is 5.68. The maximum Gasteiger partial charge on any atom is 0.416 e. The first-order chi connectivity index (χ1) is 16.4. The van der Waals surface area contributed by atoms with Crippen molar-refractivity contribution in [3.63, 3.8) is 0 Å². The maximum atomic E-state index is 13.4. The summed E-state index contributed by atoms with van der Waals surface area (Å²) in [5, 5.41) is 0.843. The van der Waals surface area contributed by atoms with Crippen molar-refractivity contribution >= 4 is 33.8 Å². The average molecular weight is 482 g/mol. The summed E-state index contributed by atoms with van der Waals surface area (Å²) in [5.41, 5.74) is 10.8. The summed E-state index contributed by atoms with van der Waals surface area (Å²) in [5.74, 6) is 1.08. The number of benzene rings is 2. The number of aryl methyl sites for hydroxylation is 2. The van der Waals surface area contributed by atoms with Gasteiger partial charge in [0.05, 0.1) is 11.1 Å². The van der Waals surface area contributed by atoms with E-state index >= 15 is 0 Å². The summed E-state index contributed by atoms with van der Waals surface area (Å²) >= 11 is 0. The summed E-state index contributed by atoms with van der Waals surface area (Å²) in [6.07, 6.45) is -0.281. The van der Waals surface area contributed by atoms with Crippen LogP contribution >= 0.6 is 0 Å². The molecule has 1 fully saturated rings. The molecule has 8 heteroatoms. The van der Waals surface area contributed by atoms with E-state index in [1.54, 1.807) is 6.92 Å². The maximum absolute atomic E-state index is 13.4. The van der Waals surface area contributed by atoms with Gasteiger partial charge in [0.15, 0.2) is 5.82 Å². The number of aromatic nitrogens is 2. The Balaban J connectivity index is 1.67. The quantitative estimate of drug-likeness (QED) is 0.347. The van der Waals surface area contributed by atoms with Crippen LogP contribution < -0.4 is 10.6 Å². The third-order valence-electron chi connectivity index (χ3n) is 7.12. The molecule has 2 aromatic carbocycles. The molecule has 0 atom stereocenters. The number of aliphatic imine (C=N–C) groups is 1. The molecule has 0 bridgehead atoms. The van der Waals surface area contributed by atoms with Gasteiger partial charge in [-0.2, -0.15) is 13.2 Å². The number of fused-ring (bicyclic) bond motifs is 3. The lowest BCUT2D eigenvalue weighted by Crippen LogP contribution is -2.24. The summed E-state index contributed by atoms with van der Waals surface area (Å²) in [7, 11) is 0. The molecule has 184 valence electrons. The molecule has 1 aliphatic carbocycles. The molecule has 5 rings (SSSR count). The fourth-order valence-electron chi connectivity index (χ4n) is 5.37. The van der Waals surface area contributed by atoms with Crippen LogP contribution in [0, 0.1) is 12.3 Å². The molecule has 5 nitrogen and oxygen atoms in total. The number of nitrogens with two attached hydrogens (primary N) is 1. The van der Waals surface area contributed by atoms with E-state index in [2.05, 4.69) is 29.8 Å². The monoisotopic (exact) mass is 481 g/mol. The first-order valence-corrected chi connectivity index (χ1v) is 12.0. The van der Waals surface area contributed by atoms with Crippen LogP contribution in [0.5, 0.6) is 0 Å². The number of hydrogen-bond acceptors (Lipinski definition) is 5. The van der Waals surface area contributed by atoms with Crippen molar-refractivity contribution in [1.29, 1.82) is 0 Å². The molecule has 0 radical (unpaired) electrons. The molecule has 35 heavy (non-hydrogen) atoms. The van der Waals surface area contributed by atoms with E-state index in [9.17, 15) is 13.2 Å². The Bertz CT molecular complexity index is 1360. The Morgan fingerprint density at radius 1 is 1.09 bits per heavy atom. The largest absolute Gasteiger partial charge is 0.416 e. The number of anilines is 2. The summed E-state index contributed by atoms with van der Waals surface area (Å²) < 4.78 is 40.1. The smallest absolute Gasteiger partial charge is 0.399 e. The van der Waals surface area contributed by atoms with Crippen molar-refractivity contribution in [3.8, 4) is 0 Å². The van der Waals surface area contributed by atoms with Gasteiger partial charge < -0.3 is 10.6 Å². The highest BCUT2D eigenvalue weighted by Gasteiger charge is 2.33. The molecule has 2 aliphatic rings. The van der Waals surface area contributed by atoms with E-state index in [0.29, 0.717) is 22.9 Å². The molecule has 1 aliphatic heterocycles. The van der Waals surface area contributed by atoms with E-state index in [0.717, 1.165) is 61.8 Å². The molecule has 2 N–H and O–H groups in total. The Kier molecular flexibility index (Phi) is 5.53. The van der Waals surface area contributed by atoms with Crippen LogP contribution in [0.2, 0.25) is 0 Å². The van der Waals surface area contributed by atoms with Crippen LogP contribution in [-0.4, -0.2) is 28.8 Å². The SMILES string of the molecule is CC(=Nc1nc(C)nc2c3c(c(N4CCC(C)(C)C4)cc12)CCC3)c1cc(N)cc(C(F)(F)F)c1. The molecule has 0 unspecified atom stereocenters. The fourth-order valence-corrected chi connectivity index (χ4v) is 5.37. The van der Waals surface area contributed by atoms with Crippen molar-refractivity contribution in [1.82, 2.24) is 9.97 Å². The van der Waals surface area contributed by atoms with Gasteiger partial charge in [0, 0.05) is 35.6 Å². The van der Waals surface area contributed by atoms with E-state index in [4.69, 9.17) is 15.7 Å². The normalized spacial score (nSPS) is 17.9. The molecule has 0 amide bonds.